The zero-order valence-corrected chi connectivity index (χ0v) is 25.4. The van der Waals surface area contributed by atoms with E-state index in [1.165, 1.54) is 5.57 Å². The third-order valence-electron chi connectivity index (χ3n) is 9.53. The first-order valence-corrected chi connectivity index (χ1v) is 15.2. The van der Waals surface area contributed by atoms with E-state index in [1.807, 2.05) is 19.2 Å². The Morgan fingerprint density at radius 2 is 2.05 bits per heavy atom. The molecule has 1 aromatic rings. The van der Waals surface area contributed by atoms with Crippen LogP contribution in [-0.4, -0.2) is 61.8 Å². The van der Waals surface area contributed by atoms with Crippen molar-refractivity contribution >= 4 is 17.6 Å². The standard InChI is InChI=1S/C33H41N9O2/c1-20(37-2)14-21-4-6-22-7-8-23-15-24(31(44)38-3)9-11-28(23)33(27(22)10-5-21,32(35)40-41-36)12-13-39-19-30(43)42-26(18-34)16-25-17-29(25)42/h4-5,9-11,15,25-26,29,37,39H,1,6-8,12-14,16-17,19H2,2-3H3,(H,38,44)(H3,35,36,40). The summed E-state index contributed by atoms with van der Waals surface area (Å²) in [5.74, 6) is 0.395. The number of piperidine rings is 1. The zero-order valence-electron chi connectivity index (χ0n) is 25.4. The fraction of sp³-hybridized carbons (Fsp3) is 0.455. The van der Waals surface area contributed by atoms with Crippen molar-refractivity contribution in [2.75, 3.05) is 27.2 Å². The van der Waals surface area contributed by atoms with Crippen molar-refractivity contribution in [3.8, 4) is 6.07 Å². The summed E-state index contributed by atoms with van der Waals surface area (Å²) in [6.45, 7) is 4.62. The van der Waals surface area contributed by atoms with Gasteiger partial charge in [0.15, 0.2) is 0 Å². The van der Waals surface area contributed by atoms with Crippen LogP contribution < -0.4 is 21.7 Å². The Morgan fingerprint density at radius 3 is 2.77 bits per heavy atom. The number of likely N-dealkylation sites (tertiary alicyclic amines) is 1. The Bertz CT molecular complexity index is 1530. The lowest BCUT2D eigenvalue weighted by Crippen LogP contribution is -2.47. The number of nitriles is 1. The molecule has 11 nitrogen and oxygen atoms in total. The van der Waals surface area contributed by atoms with Crippen LogP contribution in [0.2, 0.25) is 0 Å². The Kier molecular flexibility index (Phi) is 9.11. The van der Waals surface area contributed by atoms with Gasteiger partial charge in [-0.3, -0.25) is 9.59 Å². The lowest BCUT2D eigenvalue weighted by Gasteiger charge is -2.37. The smallest absolute Gasteiger partial charge is 0.251 e. The molecule has 0 spiro atoms. The summed E-state index contributed by atoms with van der Waals surface area (Å²) in [4.78, 5) is 27.5. The quantitative estimate of drug-likeness (QED) is 0.0863. The molecule has 4 atom stereocenters. The van der Waals surface area contributed by atoms with E-state index in [2.05, 4.69) is 57.2 Å². The van der Waals surface area contributed by atoms with Crippen molar-refractivity contribution in [3.05, 3.63) is 82.1 Å². The molecule has 11 heteroatoms. The summed E-state index contributed by atoms with van der Waals surface area (Å²) in [7, 11) is 3.47. The molecule has 0 bridgehead atoms. The molecule has 230 valence electrons. The van der Waals surface area contributed by atoms with Crippen LogP contribution in [0, 0.1) is 22.8 Å². The second-order valence-corrected chi connectivity index (χ2v) is 12.0. The fourth-order valence-electron chi connectivity index (χ4n) is 7.13. The number of rotatable bonds is 11. The molecule has 1 aliphatic heterocycles. The average Bonchev–Trinajstić information content (AvgIpc) is 3.76. The first kappa shape index (κ1) is 30.9. The highest BCUT2D eigenvalue weighted by Gasteiger charge is 2.54. The maximum absolute atomic E-state index is 13.2. The minimum absolute atomic E-state index is 0.0669. The number of nitrogens with two attached hydrogens (primary N) is 1. The number of amidine groups is 1. The SMILES string of the molecule is C=C(CC1=CCC2=C(C=C1)C(CCNCC(=O)N1C(C#N)CC3CC31)(C(N)=NN=N)c1ccc(C(=O)NC)cc1CC2)NC. The van der Waals surface area contributed by atoms with Crippen molar-refractivity contribution in [1.29, 1.82) is 10.8 Å². The number of fused-ring (bicyclic) bond motifs is 2. The van der Waals surface area contributed by atoms with Gasteiger partial charge < -0.3 is 26.6 Å². The summed E-state index contributed by atoms with van der Waals surface area (Å²) in [6, 6.07) is 7.77. The van der Waals surface area contributed by atoms with Gasteiger partial charge in [-0.25, -0.2) is 0 Å². The molecular formula is C33H41N9O2. The van der Waals surface area contributed by atoms with Gasteiger partial charge in [0.05, 0.1) is 18.0 Å². The fourth-order valence-corrected chi connectivity index (χ4v) is 7.13. The Labute approximate surface area is 258 Å². The number of carbonyl (C=O) groups excluding carboxylic acids is 2. The normalized spacial score (nSPS) is 25.4. The summed E-state index contributed by atoms with van der Waals surface area (Å²) in [6.07, 6.45) is 11.4. The van der Waals surface area contributed by atoms with E-state index in [4.69, 9.17) is 11.3 Å². The zero-order chi connectivity index (χ0) is 31.4. The Morgan fingerprint density at radius 1 is 1.23 bits per heavy atom. The molecule has 1 saturated carbocycles. The minimum atomic E-state index is -0.965. The van der Waals surface area contributed by atoms with Crippen molar-refractivity contribution in [1.82, 2.24) is 20.9 Å². The highest BCUT2D eigenvalue weighted by molar-refractivity contribution is 5.98. The van der Waals surface area contributed by atoms with E-state index in [1.54, 1.807) is 18.0 Å². The maximum Gasteiger partial charge on any atom is 0.251 e. The lowest BCUT2D eigenvalue weighted by atomic mass is 9.68. The first-order valence-electron chi connectivity index (χ1n) is 15.2. The number of amides is 2. The highest BCUT2D eigenvalue weighted by Crippen LogP contribution is 2.48. The number of hydrogen-bond acceptors (Lipinski definition) is 7. The molecule has 0 radical (unpaired) electrons. The van der Waals surface area contributed by atoms with Crippen molar-refractivity contribution in [2.45, 2.75) is 62.4 Å². The topological polar surface area (TPSA) is 172 Å². The second-order valence-electron chi connectivity index (χ2n) is 12.0. The average molecular weight is 596 g/mol. The van der Waals surface area contributed by atoms with Crippen LogP contribution in [0.1, 0.15) is 60.0 Å². The maximum atomic E-state index is 13.2. The van der Waals surface area contributed by atoms with Gasteiger partial charge in [0, 0.05) is 37.8 Å². The van der Waals surface area contributed by atoms with Gasteiger partial charge in [0.2, 0.25) is 5.91 Å². The van der Waals surface area contributed by atoms with Crippen LogP contribution in [0.25, 0.3) is 0 Å². The van der Waals surface area contributed by atoms with Gasteiger partial charge in [-0.1, -0.05) is 41.7 Å². The van der Waals surface area contributed by atoms with E-state index >= 15 is 0 Å². The number of allylic oxidation sites excluding steroid dienone is 5. The van der Waals surface area contributed by atoms with Crippen LogP contribution in [0.15, 0.2) is 75.7 Å². The number of nitrogens with zero attached hydrogens (tertiary/aromatic N) is 4. The van der Waals surface area contributed by atoms with E-state index in [-0.39, 0.29) is 36.3 Å². The Balaban J connectivity index is 1.51. The molecule has 1 aromatic carbocycles. The van der Waals surface area contributed by atoms with Gasteiger partial charge >= 0.3 is 0 Å². The van der Waals surface area contributed by atoms with Gasteiger partial charge in [0.1, 0.15) is 11.9 Å². The molecule has 0 aromatic heterocycles. The van der Waals surface area contributed by atoms with E-state index in [0.29, 0.717) is 43.7 Å². The number of nitrogens with one attached hydrogen (secondary N) is 4. The van der Waals surface area contributed by atoms with Crippen molar-refractivity contribution in [2.24, 2.45) is 22.0 Å². The molecular weight excluding hydrogens is 554 g/mol. The highest BCUT2D eigenvalue weighted by atomic mass is 16.2. The van der Waals surface area contributed by atoms with Crippen molar-refractivity contribution in [3.63, 3.8) is 0 Å². The largest absolute Gasteiger partial charge is 0.392 e. The summed E-state index contributed by atoms with van der Waals surface area (Å²) >= 11 is 0. The predicted molar refractivity (Wildman–Crippen MR) is 169 cm³/mol. The van der Waals surface area contributed by atoms with E-state index in [9.17, 15) is 14.9 Å². The van der Waals surface area contributed by atoms with Gasteiger partial charge in [-0.2, -0.15) is 10.8 Å². The Hall–Kier alpha value is -4.56. The minimum Gasteiger partial charge on any atom is -0.392 e. The molecule has 5 rings (SSSR count). The van der Waals surface area contributed by atoms with Crippen molar-refractivity contribution < 1.29 is 9.59 Å². The predicted octanol–water partition coefficient (Wildman–Crippen LogP) is 3.33. The molecule has 3 aliphatic carbocycles. The van der Waals surface area contributed by atoms with Gasteiger partial charge in [-0.15, -0.1) is 5.10 Å². The molecule has 44 heavy (non-hydrogen) atoms. The van der Waals surface area contributed by atoms with Crippen LogP contribution >= 0.6 is 0 Å². The van der Waals surface area contributed by atoms with Crippen LogP contribution in [0.4, 0.5) is 0 Å². The summed E-state index contributed by atoms with van der Waals surface area (Å²) < 4.78 is 0. The number of hydrogen-bond donors (Lipinski definition) is 5. The molecule has 4 unspecified atom stereocenters. The van der Waals surface area contributed by atoms with Gasteiger partial charge in [-0.05, 0) is 85.4 Å². The lowest BCUT2D eigenvalue weighted by molar-refractivity contribution is -0.131. The molecule has 4 aliphatic rings. The number of aryl methyl sites for hydroxylation is 1. The summed E-state index contributed by atoms with van der Waals surface area (Å²) in [5.41, 5.74) is 20.1. The van der Waals surface area contributed by atoms with E-state index in [0.717, 1.165) is 47.2 Å². The monoisotopic (exact) mass is 595 g/mol. The molecule has 2 amide bonds. The van der Waals surface area contributed by atoms with E-state index < -0.39 is 5.41 Å². The van der Waals surface area contributed by atoms with Gasteiger partial charge in [0.25, 0.3) is 5.91 Å². The van der Waals surface area contributed by atoms with Crippen LogP contribution in [0.5, 0.6) is 0 Å². The first-order chi connectivity index (χ1) is 21.3. The molecule has 1 saturated heterocycles. The van der Waals surface area contributed by atoms with Crippen LogP contribution in [0.3, 0.4) is 0 Å². The molecule has 2 fully saturated rings. The summed E-state index contributed by atoms with van der Waals surface area (Å²) in [5, 5.41) is 26.2. The molecule has 1 heterocycles. The van der Waals surface area contributed by atoms with Crippen LogP contribution in [-0.2, 0) is 16.6 Å². The second kappa shape index (κ2) is 13.0. The number of benzene rings is 1. The third kappa shape index (κ3) is 5.82. The third-order valence-corrected chi connectivity index (χ3v) is 9.53. The number of carbonyl (C=O) groups is 2. The molecule has 6 N–H and O–H groups in total.